The van der Waals surface area contributed by atoms with E-state index in [1.54, 1.807) is 25.3 Å². The largest absolute Gasteiger partial charge is 0.507 e. The van der Waals surface area contributed by atoms with Crippen LogP contribution in [0.15, 0.2) is 72.4 Å². The average molecular weight is 558 g/mol. The van der Waals surface area contributed by atoms with Gasteiger partial charge < -0.3 is 29.2 Å². The number of hydrogen-bond donors (Lipinski definition) is 2. The van der Waals surface area contributed by atoms with Crippen molar-refractivity contribution in [2.24, 2.45) is 0 Å². The SMILES string of the molecule is COc1ccc(OC)c(C2/C(=C(/O)c3cccc([N+](=O)[O-])c3)C(=O)C(=O)N2CCc2c[nH]c3ccc(OC)cc23)c1. The number of likely N-dealkylation sites (tertiary alicyclic amines) is 1. The number of nitro groups is 1. The van der Waals surface area contributed by atoms with Gasteiger partial charge in [0, 0.05) is 46.9 Å². The number of ether oxygens (including phenoxy) is 3. The minimum Gasteiger partial charge on any atom is -0.507 e. The van der Waals surface area contributed by atoms with Gasteiger partial charge in [0.05, 0.1) is 37.9 Å². The van der Waals surface area contributed by atoms with E-state index in [1.165, 1.54) is 37.3 Å². The van der Waals surface area contributed by atoms with Crippen molar-refractivity contribution >= 4 is 34.0 Å². The number of aromatic nitrogens is 1. The number of Topliss-reactive ketones (excluding diaryl/α,β-unsaturated/α-hetero) is 1. The molecule has 210 valence electrons. The molecule has 41 heavy (non-hydrogen) atoms. The van der Waals surface area contributed by atoms with Crippen LogP contribution in [0.5, 0.6) is 17.2 Å². The number of nitrogens with zero attached hydrogens (tertiary/aromatic N) is 2. The van der Waals surface area contributed by atoms with Gasteiger partial charge in [0.2, 0.25) is 0 Å². The van der Waals surface area contributed by atoms with Crippen LogP contribution in [0.1, 0.15) is 22.7 Å². The van der Waals surface area contributed by atoms with Gasteiger partial charge in [0.15, 0.2) is 0 Å². The summed E-state index contributed by atoms with van der Waals surface area (Å²) in [6.45, 7) is 0.117. The minimum atomic E-state index is -1.06. The first-order chi connectivity index (χ1) is 19.8. The van der Waals surface area contributed by atoms with E-state index in [-0.39, 0.29) is 23.4 Å². The molecule has 3 aromatic carbocycles. The molecule has 0 saturated carbocycles. The quantitative estimate of drug-likeness (QED) is 0.0985. The van der Waals surface area contributed by atoms with Crippen LogP contribution in [0.25, 0.3) is 16.7 Å². The summed E-state index contributed by atoms with van der Waals surface area (Å²) in [5.41, 5.74) is 1.76. The molecule has 1 fully saturated rings. The molecule has 1 saturated heterocycles. The van der Waals surface area contributed by atoms with Crippen LogP contribution >= 0.6 is 0 Å². The van der Waals surface area contributed by atoms with Crippen molar-refractivity contribution in [2.75, 3.05) is 27.9 Å². The van der Waals surface area contributed by atoms with Crippen LogP contribution < -0.4 is 14.2 Å². The lowest BCUT2D eigenvalue weighted by atomic mass is 9.94. The van der Waals surface area contributed by atoms with Crippen LogP contribution in [0, 0.1) is 10.1 Å². The van der Waals surface area contributed by atoms with Crippen molar-refractivity contribution in [1.29, 1.82) is 0 Å². The molecule has 0 bridgehead atoms. The fourth-order valence-corrected chi connectivity index (χ4v) is 5.14. The number of aromatic amines is 1. The molecule has 1 aromatic heterocycles. The molecule has 1 aliphatic heterocycles. The van der Waals surface area contributed by atoms with Gasteiger partial charge in [-0.1, -0.05) is 12.1 Å². The standard InChI is InChI=1S/C30H27N3O8/c1-39-20-7-9-24-22(14-20)18(16-31-24)11-12-32-27(23-15-21(40-2)8-10-25(23)41-3)26(29(35)30(32)36)28(34)17-5-4-6-19(13-17)33(37)38/h4-10,13-16,27,31,34H,11-12H2,1-3H3/b28-26-. The summed E-state index contributed by atoms with van der Waals surface area (Å²) < 4.78 is 16.3. The highest BCUT2D eigenvalue weighted by Gasteiger charge is 2.47. The third-order valence-corrected chi connectivity index (χ3v) is 7.20. The monoisotopic (exact) mass is 557 g/mol. The molecule has 4 aromatic rings. The number of aliphatic hydroxyl groups is 1. The Bertz CT molecular complexity index is 1710. The molecule has 1 unspecified atom stereocenters. The van der Waals surface area contributed by atoms with Gasteiger partial charge in [-0.05, 0) is 48.4 Å². The molecule has 0 radical (unpaired) electrons. The third kappa shape index (κ3) is 4.93. The van der Waals surface area contributed by atoms with Gasteiger partial charge in [0.1, 0.15) is 23.0 Å². The first-order valence-electron chi connectivity index (χ1n) is 12.7. The number of ketones is 1. The van der Waals surface area contributed by atoms with Gasteiger partial charge in [-0.3, -0.25) is 19.7 Å². The number of benzene rings is 3. The van der Waals surface area contributed by atoms with Gasteiger partial charge in [-0.2, -0.15) is 0 Å². The fraction of sp³-hybridized carbons (Fsp3) is 0.200. The van der Waals surface area contributed by atoms with Crippen molar-refractivity contribution < 1.29 is 33.8 Å². The number of amides is 1. The number of H-pyrrole nitrogens is 1. The molecule has 1 atom stereocenters. The van der Waals surface area contributed by atoms with E-state index in [0.717, 1.165) is 22.5 Å². The lowest BCUT2D eigenvalue weighted by molar-refractivity contribution is -0.384. The first kappa shape index (κ1) is 27.3. The topological polar surface area (TPSA) is 144 Å². The first-order valence-corrected chi connectivity index (χ1v) is 12.7. The van der Waals surface area contributed by atoms with Crippen LogP contribution in [0.2, 0.25) is 0 Å². The van der Waals surface area contributed by atoms with Crippen molar-refractivity contribution in [3.05, 3.63) is 99.2 Å². The molecule has 0 aliphatic carbocycles. The van der Waals surface area contributed by atoms with E-state index >= 15 is 0 Å². The third-order valence-electron chi connectivity index (χ3n) is 7.20. The number of hydrogen-bond acceptors (Lipinski definition) is 8. The Labute approximate surface area is 234 Å². The van der Waals surface area contributed by atoms with Crippen LogP contribution in [-0.4, -0.2) is 59.5 Å². The highest BCUT2D eigenvalue weighted by molar-refractivity contribution is 6.46. The molecule has 1 aliphatic rings. The second kappa shape index (κ2) is 11.0. The summed E-state index contributed by atoms with van der Waals surface area (Å²) in [5.74, 6) is -0.762. The maximum Gasteiger partial charge on any atom is 0.295 e. The van der Waals surface area contributed by atoms with Gasteiger partial charge in [-0.15, -0.1) is 0 Å². The van der Waals surface area contributed by atoms with E-state index in [2.05, 4.69) is 4.98 Å². The van der Waals surface area contributed by atoms with E-state index < -0.39 is 28.4 Å². The lowest BCUT2D eigenvalue weighted by Crippen LogP contribution is -2.31. The summed E-state index contributed by atoms with van der Waals surface area (Å²) in [6, 6.07) is 14.8. The second-order valence-electron chi connectivity index (χ2n) is 9.38. The van der Waals surface area contributed by atoms with Crippen molar-refractivity contribution in [3.63, 3.8) is 0 Å². The number of rotatable bonds is 9. The number of carbonyl (C=O) groups excluding carboxylic acids is 2. The molecule has 2 heterocycles. The van der Waals surface area contributed by atoms with Crippen LogP contribution in [0.3, 0.4) is 0 Å². The summed E-state index contributed by atoms with van der Waals surface area (Å²) >= 11 is 0. The molecule has 11 heteroatoms. The number of aliphatic hydroxyl groups excluding tert-OH is 1. The van der Waals surface area contributed by atoms with Crippen molar-refractivity contribution in [1.82, 2.24) is 9.88 Å². The number of fused-ring (bicyclic) bond motifs is 1. The highest BCUT2D eigenvalue weighted by atomic mass is 16.6. The zero-order chi connectivity index (χ0) is 29.3. The summed E-state index contributed by atoms with van der Waals surface area (Å²) in [4.78, 5) is 42.4. The Morgan fingerprint density at radius 1 is 1.00 bits per heavy atom. The van der Waals surface area contributed by atoms with Crippen molar-refractivity contribution in [3.8, 4) is 17.2 Å². The predicted molar refractivity (Wildman–Crippen MR) is 150 cm³/mol. The molecule has 5 rings (SSSR count). The van der Waals surface area contributed by atoms with Gasteiger partial charge in [-0.25, -0.2) is 0 Å². The van der Waals surface area contributed by atoms with Crippen molar-refractivity contribution in [2.45, 2.75) is 12.5 Å². The maximum absolute atomic E-state index is 13.5. The van der Waals surface area contributed by atoms with E-state index in [0.29, 0.717) is 29.2 Å². The number of carbonyl (C=O) groups is 2. The zero-order valence-corrected chi connectivity index (χ0v) is 22.5. The Hall–Kier alpha value is -5.32. The Kier molecular flexibility index (Phi) is 7.34. The smallest absolute Gasteiger partial charge is 0.295 e. The number of non-ortho nitro benzene ring substituents is 1. The normalized spacial score (nSPS) is 16.3. The molecule has 11 nitrogen and oxygen atoms in total. The maximum atomic E-state index is 13.5. The van der Waals surface area contributed by atoms with E-state index in [9.17, 15) is 24.8 Å². The molecular weight excluding hydrogens is 530 g/mol. The minimum absolute atomic E-state index is 0.0350. The highest BCUT2D eigenvalue weighted by Crippen LogP contribution is 2.44. The van der Waals surface area contributed by atoms with Crippen LogP contribution in [0.4, 0.5) is 5.69 Å². The summed E-state index contributed by atoms with van der Waals surface area (Å²) in [7, 11) is 4.52. The van der Waals surface area contributed by atoms with E-state index in [4.69, 9.17) is 14.2 Å². The van der Waals surface area contributed by atoms with Gasteiger partial charge in [0.25, 0.3) is 17.4 Å². The average Bonchev–Trinajstić information content (AvgIpc) is 3.52. The predicted octanol–water partition coefficient (Wildman–Crippen LogP) is 4.77. The van der Waals surface area contributed by atoms with Crippen LogP contribution in [-0.2, 0) is 16.0 Å². The number of nitrogens with one attached hydrogen (secondary N) is 1. The molecule has 1 amide bonds. The lowest BCUT2D eigenvalue weighted by Gasteiger charge is -2.27. The Balaban J connectivity index is 1.63. The Morgan fingerprint density at radius 3 is 2.44 bits per heavy atom. The summed E-state index contributed by atoms with van der Waals surface area (Å²) in [6.07, 6.45) is 2.21. The number of methoxy groups -OCH3 is 3. The second-order valence-corrected chi connectivity index (χ2v) is 9.38. The molecular formula is C30H27N3O8. The van der Waals surface area contributed by atoms with E-state index in [1.807, 2.05) is 24.4 Å². The summed E-state index contributed by atoms with van der Waals surface area (Å²) in [5, 5.41) is 23.7. The Morgan fingerprint density at radius 2 is 1.73 bits per heavy atom. The zero-order valence-electron chi connectivity index (χ0n) is 22.5. The van der Waals surface area contributed by atoms with Gasteiger partial charge >= 0.3 is 0 Å². The molecule has 0 spiro atoms. The fourth-order valence-electron chi connectivity index (χ4n) is 5.14. The molecule has 2 N–H and O–H groups in total. The number of nitro benzene ring substituents is 1.